The summed E-state index contributed by atoms with van der Waals surface area (Å²) in [7, 11) is -5.07. The Hall–Kier alpha value is 2.25. The quantitative estimate of drug-likeness (QED) is 0.129. The minimum atomic E-state index is -5.07. The first-order valence-electron chi connectivity index (χ1n) is 7.34. The molecule has 0 heterocycles. The van der Waals surface area contributed by atoms with Crippen LogP contribution in [0.2, 0.25) is 0 Å². The molecule has 0 saturated carbocycles. The predicted molar refractivity (Wildman–Crippen MR) is 81.6 cm³/mol. The number of carbonyl (C=O) groups excluding carboxylic acids is 3. The van der Waals surface area contributed by atoms with Gasteiger partial charge in [-0.3, -0.25) is 9.36 Å². The molecule has 0 bridgehead atoms. The average molecular weight is 521 g/mol. The molecule has 0 aliphatic carbocycles. The predicted octanol–water partition coefficient (Wildman–Crippen LogP) is -12.9. The van der Waals surface area contributed by atoms with Crippen LogP contribution in [0.3, 0.4) is 0 Å². The molecule has 0 aliphatic heterocycles. The Morgan fingerprint density at radius 2 is 1.60 bits per heavy atom. The first-order chi connectivity index (χ1) is 12.4. The van der Waals surface area contributed by atoms with Gasteiger partial charge < -0.3 is 44.7 Å². The third kappa shape index (κ3) is 14.5. The number of aromatic hydroxyl groups is 2. The van der Waals surface area contributed by atoms with E-state index >= 15 is 0 Å². The van der Waals surface area contributed by atoms with Gasteiger partial charge in [0.1, 0.15) is 0 Å². The molecule has 0 aromatic heterocycles. The van der Waals surface area contributed by atoms with Crippen LogP contribution in [-0.4, -0.2) is 46.7 Å². The van der Waals surface area contributed by atoms with Crippen LogP contribution in [0.1, 0.15) is 12.5 Å². The van der Waals surface area contributed by atoms with E-state index in [1.807, 2.05) is 5.32 Å². The van der Waals surface area contributed by atoms with Crippen molar-refractivity contribution < 1.29 is 203 Å². The number of amides is 1. The van der Waals surface area contributed by atoms with Gasteiger partial charge in [-0.1, -0.05) is 6.07 Å². The Morgan fingerprint density at radius 1 is 1.07 bits per heavy atom. The summed E-state index contributed by atoms with van der Waals surface area (Å²) in [4.78, 5) is 44.7. The zero-order valence-electron chi connectivity index (χ0n) is 16.9. The van der Waals surface area contributed by atoms with Crippen molar-refractivity contribution in [1.29, 1.82) is 0 Å². The summed E-state index contributed by atoms with van der Waals surface area (Å²) in [6.07, 6.45) is -0.471. The van der Waals surface area contributed by atoms with Crippen LogP contribution >= 0.6 is 7.75 Å². The second-order valence-electron chi connectivity index (χ2n) is 5.39. The molecule has 0 radical (unpaired) electrons. The van der Waals surface area contributed by atoms with Crippen LogP contribution in [-0.2, 0) is 29.9 Å². The van der Waals surface area contributed by atoms with Gasteiger partial charge in [-0.15, -0.1) is 0 Å². The van der Waals surface area contributed by atoms with Crippen molar-refractivity contribution in [3.63, 3.8) is 0 Å². The molecular weight excluding hydrogens is 504 g/mol. The molecule has 3 atom stereocenters. The molecule has 1 aromatic rings. The zero-order chi connectivity index (χ0) is 20.8. The van der Waals surface area contributed by atoms with E-state index in [0.717, 1.165) is 19.1 Å². The van der Waals surface area contributed by atoms with Crippen LogP contribution in [0.4, 0.5) is 0 Å². The Labute approximate surface area is 299 Å². The van der Waals surface area contributed by atoms with Crippen molar-refractivity contribution in [3.8, 4) is 11.5 Å². The standard InChI is InChI=1S/C14H19N2O10P.3K/c1-7(17)15-10(14(22)23)6-26-27(24,25)16-9(13(20)21)4-8-2-3-11(18)12(19)5-8;;;/h2-3,5,9-10,18-19H,4,6H2,1H3,(H,15,17)(H,20,21)(H,22,23)(H2,16,24,25);;;/q;3*+1/p-3/t9-,10-;;;/m0.../s1. The van der Waals surface area contributed by atoms with Gasteiger partial charge in [0.05, 0.1) is 30.6 Å². The molecule has 0 aliphatic rings. The summed E-state index contributed by atoms with van der Waals surface area (Å²) in [5.74, 6) is -5.40. The Morgan fingerprint density at radius 3 is 2.03 bits per heavy atom. The van der Waals surface area contributed by atoms with Crippen LogP contribution in [0, 0.1) is 0 Å². The third-order valence-corrected chi connectivity index (χ3v) is 4.27. The zero-order valence-corrected chi connectivity index (χ0v) is 27.2. The summed E-state index contributed by atoms with van der Waals surface area (Å²) in [6, 6.07) is -0.262. The molecule has 1 unspecified atom stereocenters. The number of hydrogen-bond acceptors (Lipinski definition) is 10. The molecule has 150 valence electrons. The second kappa shape index (κ2) is 17.7. The number of phenolic OH excluding ortho intramolecular Hbond substituents is 2. The SMILES string of the molecule is CC(=O)N[C@@H](COP(=O)([O-])N[C@@H](Cc1ccc(O)c(O)c1)C(=O)[O-])C(=O)[O-].[K+].[K+].[K+]. The first kappa shape index (κ1) is 36.8. The molecule has 1 amide bonds. The van der Waals surface area contributed by atoms with Crippen molar-refractivity contribution in [2.24, 2.45) is 0 Å². The summed E-state index contributed by atoms with van der Waals surface area (Å²) >= 11 is 0. The molecular formula is C14H16K3N2O10P. The van der Waals surface area contributed by atoms with Gasteiger partial charge in [-0.2, -0.15) is 0 Å². The second-order valence-corrected chi connectivity index (χ2v) is 6.90. The summed E-state index contributed by atoms with van der Waals surface area (Å²) < 4.78 is 16.2. The van der Waals surface area contributed by atoms with Crippen LogP contribution in [0.15, 0.2) is 18.2 Å². The number of carbonyl (C=O) groups is 3. The maximum atomic E-state index is 11.9. The van der Waals surface area contributed by atoms with Crippen molar-refractivity contribution in [2.45, 2.75) is 25.4 Å². The van der Waals surface area contributed by atoms with Gasteiger partial charge in [-0.05, 0) is 24.1 Å². The van der Waals surface area contributed by atoms with Gasteiger partial charge in [0.2, 0.25) is 13.7 Å². The fraction of sp³-hybridized carbons (Fsp3) is 0.357. The Bertz CT molecular complexity index is 782. The molecule has 30 heavy (non-hydrogen) atoms. The van der Waals surface area contributed by atoms with Gasteiger partial charge in [-0.25, -0.2) is 5.09 Å². The van der Waals surface area contributed by atoms with E-state index in [4.69, 9.17) is 0 Å². The van der Waals surface area contributed by atoms with Crippen LogP contribution in [0.5, 0.6) is 11.5 Å². The number of carboxylic acids is 2. The minimum Gasteiger partial charge on any atom is -0.766 e. The van der Waals surface area contributed by atoms with E-state index in [9.17, 15) is 44.3 Å². The van der Waals surface area contributed by atoms with E-state index in [-0.39, 0.29) is 160 Å². The maximum absolute atomic E-state index is 11.9. The number of hydrogen-bond donors (Lipinski definition) is 4. The van der Waals surface area contributed by atoms with Crippen molar-refractivity contribution in [1.82, 2.24) is 10.4 Å². The molecule has 16 heteroatoms. The van der Waals surface area contributed by atoms with Crippen molar-refractivity contribution >= 4 is 25.6 Å². The normalized spacial score (nSPS) is 13.8. The molecule has 1 rings (SSSR count). The number of rotatable bonds is 10. The van der Waals surface area contributed by atoms with E-state index in [2.05, 4.69) is 4.52 Å². The number of nitrogens with one attached hydrogen (secondary N) is 2. The van der Waals surface area contributed by atoms with Gasteiger partial charge >= 0.3 is 154 Å². The summed E-state index contributed by atoms with van der Waals surface area (Å²) in [6.45, 7) is -0.0420. The minimum absolute atomic E-state index is 0. The Balaban J connectivity index is -0.00000243. The van der Waals surface area contributed by atoms with Crippen LogP contribution < -0.4 is 180 Å². The molecule has 1 aromatic carbocycles. The average Bonchev–Trinajstić information content (AvgIpc) is 2.53. The molecule has 0 fully saturated rings. The van der Waals surface area contributed by atoms with Gasteiger partial charge in [0, 0.05) is 6.92 Å². The van der Waals surface area contributed by atoms with E-state index < -0.39 is 62.2 Å². The van der Waals surface area contributed by atoms with Gasteiger partial charge in [0.15, 0.2) is 11.5 Å². The molecule has 4 N–H and O–H groups in total. The maximum Gasteiger partial charge on any atom is 1.00 e. The number of benzene rings is 1. The number of aliphatic carboxylic acids is 2. The number of carboxylic acid groups (broad SMARTS) is 2. The Kier molecular flexibility index (Phi) is 21.7. The summed E-state index contributed by atoms with van der Waals surface area (Å²) in [5, 5.41) is 44.1. The topological polar surface area (TPSA) is 211 Å². The number of phenols is 2. The fourth-order valence-corrected chi connectivity index (χ4v) is 2.93. The van der Waals surface area contributed by atoms with Crippen LogP contribution in [0.25, 0.3) is 0 Å². The van der Waals surface area contributed by atoms with Crippen molar-refractivity contribution in [3.05, 3.63) is 23.8 Å². The molecule has 0 spiro atoms. The van der Waals surface area contributed by atoms with E-state index in [1.54, 1.807) is 5.09 Å². The summed E-state index contributed by atoms with van der Waals surface area (Å²) in [5.41, 5.74) is 0.151. The third-order valence-electron chi connectivity index (χ3n) is 3.15. The van der Waals surface area contributed by atoms with E-state index in [0.29, 0.717) is 0 Å². The smallest absolute Gasteiger partial charge is 0.766 e. The first-order valence-corrected chi connectivity index (χ1v) is 8.88. The van der Waals surface area contributed by atoms with E-state index in [1.165, 1.54) is 6.07 Å². The largest absolute Gasteiger partial charge is 1.00 e. The van der Waals surface area contributed by atoms with Crippen molar-refractivity contribution in [2.75, 3.05) is 6.61 Å². The van der Waals surface area contributed by atoms with Gasteiger partial charge in [0.25, 0.3) is 0 Å². The monoisotopic (exact) mass is 520 g/mol. The fourth-order valence-electron chi connectivity index (χ4n) is 1.93. The molecule has 12 nitrogen and oxygen atoms in total. The molecule has 0 saturated heterocycles.